The molecule has 0 nitrogen and oxygen atoms in total. The van der Waals surface area contributed by atoms with E-state index >= 15 is 0 Å². The standard InChI is InChI=1S/C15H20BrF/c16-14(12-7-3-1-2-4-8-12)11-13-9-5-6-10-15(13)17/h5-6,9-10,12,14H,1-4,7-8,11H2. The quantitative estimate of drug-likeness (QED) is 0.538. The molecule has 1 saturated carbocycles. The van der Waals surface area contributed by atoms with Crippen LogP contribution < -0.4 is 0 Å². The molecule has 1 aliphatic carbocycles. The maximum absolute atomic E-state index is 13.6. The van der Waals surface area contributed by atoms with Crippen LogP contribution in [0, 0.1) is 11.7 Å². The molecule has 0 bridgehead atoms. The summed E-state index contributed by atoms with van der Waals surface area (Å²) in [5.74, 6) is 0.655. The molecule has 0 amide bonds. The van der Waals surface area contributed by atoms with Crippen LogP contribution in [0.4, 0.5) is 4.39 Å². The van der Waals surface area contributed by atoms with Gasteiger partial charge in [0.2, 0.25) is 0 Å². The SMILES string of the molecule is Fc1ccccc1CC(Br)C1CCCCCC1. The first-order valence-corrected chi connectivity index (χ1v) is 7.56. The van der Waals surface area contributed by atoms with E-state index in [2.05, 4.69) is 15.9 Å². The third-order valence-corrected chi connectivity index (χ3v) is 4.86. The van der Waals surface area contributed by atoms with Gasteiger partial charge in [-0.05, 0) is 36.8 Å². The predicted molar refractivity (Wildman–Crippen MR) is 74.0 cm³/mol. The molecular formula is C15H20BrF. The van der Waals surface area contributed by atoms with Crippen LogP contribution in [-0.4, -0.2) is 4.83 Å². The summed E-state index contributed by atoms with van der Waals surface area (Å²) in [6, 6.07) is 7.14. The van der Waals surface area contributed by atoms with Gasteiger partial charge in [-0.3, -0.25) is 0 Å². The minimum absolute atomic E-state index is 0.0643. The van der Waals surface area contributed by atoms with E-state index in [-0.39, 0.29) is 5.82 Å². The minimum Gasteiger partial charge on any atom is -0.207 e. The molecule has 0 heterocycles. The highest BCUT2D eigenvalue weighted by Crippen LogP contribution is 2.31. The fourth-order valence-electron chi connectivity index (χ4n) is 2.71. The van der Waals surface area contributed by atoms with Gasteiger partial charge in [0.25, 0.3) is 0 Å². The molecule has 1 aliphatic rings. The van der Waals surface area contributed by atoms with E-state index in [0.717, 1.165) is 17.9 Å². The van der Waals surface area contributed by atoms with E-state index in [0.29, 0.717) is 4.83 Å². The Labute approximate surface area is 112 Å². The Morgan fingerprint density at radius 3 is 2.41 bits per heavy atom. The van der Waals surface area contributed by atoms with Gasteiger partial charge in [-0.25, -0.2) is 4.39 Å². The van der Waals surface area contributed by atoms with Crippen LogP contribution in [0.2, 0.25) is 0 Å². The third kappa shape index (κ3) is 3.80. The summed E-state index contributed by atoms with van der Waals surface area (Å²) >= 11 is 3.78. The zero-order valence-electron chi connectivity index (χ0n) is 10.2. The van der Waals surface area contributed by atoms with Crippen molar-refractivity contribution in [1.82, 2.24) is 0 Å². The van der Waals surface area contributed by atoms with E-state index in [1.807, 2.05) is 12.1 Å². The molecule has 2 heteroatoms. The van der Waals surface area contributed by atoms with Crippen LogP contribution in [0.3, 0.4) is 0 Å². The summed E-state index contributed by atoms with van der Waals surface area (Å²) in [5, 5.41) is 0. The lowest BCUT2D eigenvalue weighted by Crippen LogP contribution is -2.17. The van der Waals surface area contributed by atoms with Crippen LogP contribution >= 0.6 is 15.9 Å². The zero-order chi connectivity index (χ0) is 12.1. The van der Waals surface area contributed by atoms with Gasteiger partial charge in [-0.15, -0.1) is 0 Å². The molecular weight excluding hydrogens is 279 g/mol. The fraction of sp³-hybridized carbons (Fsp3) is 0.600. The number of benzene rings is 1. The summed E-state index contributed by atoms with van der Waals surface area (Å²) < 4.78 is 13.6. The van der Waals surface area contributed by atoms with Crippen molar-refractivity contribution in [3.63, 3.8) is 0 Å². The first kappa shape index (κ1) is 13.1. The number of halogens is 2. The molecule has 17 heavy (non-hydrogen) atoms. The topological polar surface area (TPSA) is 0 Å². The molecule has 1 atom stereocenters. The van der Waals surface area contributed by atoms with Gasteiger partial charge >= 0.3 is 0 Å². The van der Waals surface area contributed by atoms with Gasteiger partial charge in [0.1, 0.15) is 5.82 Å². The first-order valence-electron chi connectivity index (χ1n) is 6.65. The second-order valence-corrected chi connectivity index (χ2v) is 6.24. The predicted octanol–water partition coefficient (Wildman–Crippen LogP) is 5.10. The lowest BCUT2D eigenvalue weighted by atomic mass is 9.92. The van der Waals surface area contributed by atoms with Crippen molar-refractivity contribution in [2.75, 3.05) is 0 Å². The average molecular weight is 299 g/mol. The highest BCUT2D eigenvalue weighted by atomic mass is 79.9. The Balaban J connectivity index is 1.95. The Bertz CT molecular complexity index is 343. The van der Waals surface area contributed by atoms with Gasteiger partial charge in [0.15, 0.2) is 0 Å². The second kappa shape index (κ2) is 6.53. The number of hydrogen-bond donors (Lipinski definition) is 0. The molecule has 94 valence electrons. The summed E-state index contributed by atoms with van der Waals surface area (Å²) in [5.41, 5.74) is 0.846. The molecule has 0 spiro atoms. The maximum Gasteiger partial charge on any atom is 0.126 e. The third-order valence-electron chi connectivity index (χ3n) is 3.78. The van der Waals surface area contributed by atoms with Crippen LogP contribution in [0.1, 0.15) is 44.1 Å². The van der Waals surface area contributed by atoms with E-state index in [1.54, 1.807) is 12.1 Å². The number of rotatable bonds is 3. The van der Waals surface area contributed by atoms with Crippen LogP contribution in [0.25, 0.3) is 0 Å². The largest absolute Gasteiger partial charge is 0.207 e. The van der Waals surface area contributed by atoms with Crippen LogP contribution in [-0.2, 0) is 6.42 Å². The highest BCUT2D eigenvalue weighted by molar-refractivity contribution is 9.09. The molecule has 1 fully saturated rings. The molecule has 1 aromatic carbocycles. The van der Waals surface area contributed by atoms with E-state index in [4.69, 9.17) is 0 Å². The molecule has 0 aromatic heterocycles. The second-order valence-electron chi connectivity index (χ2n) is 5.06. The Kier molecular flexibility index (Phi) is 5.02. The van der Waals surface area contributed by atoms with Crippen molar-refractivity contribution in [1.29, 1.82) is 0 Å². The highest BCUT2D eigenvalue weighted by Gasteiger charge is 2.21. The number of hydrogen-bond acceptors (Lipinski definition) is 0. The summed E-state index contributed by atoms with van der Waals surface area (Å²) in [6.45, 7) is 0. The minimum atomic E-state index is -0.0643. The van der Waals surface area contributed by atoms with Crippen LogP contribution in [0.15, 0.2) is 24.3 Å². The molecule has 2 rings (SSSR count). The molecule has 0 N–H and O–H groups in total. The van der Waals surface area contributed by atoms with Gasteiger partial charge in [0.05, 0.1) is 0 Å². The zero-order valence-corrected chi connectivity index (χ0v) is 11.8. The lowest BCUT2D eigenvalue weighted by molar-refractivity contribution is 0.441. The van der Waals surface area contributed by atoms with Gasteiger partial charge in [-0.1, -0.05) is 59.8 Å². The van der Waals surface area contributed by atoms with E-state index < -0.39 is 0 Å². The van der Waals surface area contributed by atoms with Crippen molar-refractivity contribution in [2.45, 2.75) is 49.8 Å². The smallest absolute Gasteiger partial charge is 0.126 e. The Hall–Kier alpha value is -0.370. The average Bonchev–Trinajstić information content (AvgIpc) is 2.61. The fourth-order valence-corrected chi connectivity index (χ4v) is 3.59. The molecule has 0 radical (unpaired) electrons. The first-order chi connectivity index (χ1) is 8.27. The lowest BCUT2D eigenvalue weighted by Gasteiger charge is -2.21. The normalized spacial score (nSPS) is 19.9. The van der Waals surface area contributed by atoms with Crippen molar-refractivity contribution in [3.05, 3.63) is 35.6 Å². The maximum atomic E-state index is 13.6. The molecule has 0 saturated heterocycles. The van der Waals surface area contributed by atoms with Gasteiger partial charge < -0.3 is 0 Å². The summed E-state index contributed by atoms with van der Waals surface area (Å²) in [4.78, 5) is 0.428. The molecule has 1 unspecified atom stereocenters. The number of alkyl halides is 1. The van der Waals surface area contributed by atoms with Crippen molar-refractivity contribution < 1.29 is 4.39 Å². The Morgan fingerprint density at radius 1 is 1.12 bits per heavy atom. The van der Waals surface area contributed by atoms with E-state index in [1.165, 1.54) is 38.5 Å². The van der Waals surface area contributed by atoms with Gasteiger partial charge in [-0.2, -0.15) is 0 Å². The van der Waals surface area contributed by atoms with Crippen molar-refractivity contribution in [2.24, 2.45) is 5.92 Å². The molecule has 0 aliphatic heterocycles. The van der Waals surface area contributed by atoms with E-state index in [9.17, 15) is 4.39 Å². The van der Waals surface area contributed by atoms with Crippen molar-refractivity contribution in [3.8, 4) is 0 Å². The van der Waals surface area contributed by atoms with Crippen LogP contribution in [0.5, 0.6) is 0 Å². The van der Waals surface area contributed by atoms with Gasteiger partial charge in [0, 0.05) is 4.83 Å². The summed E-state index contributed by atoms with van der Waals surface area (Å²) in [6.07, 6.45) is 8.83. The van der Waals surface area contributed by atoms with Crippen molar-refractivity contribution >= 4 is 15.9 Å². The Morgan fingerprint density at radius 2 is 1.76 bits per heavy atom. The summed E-state index contributed by atoms with van der Waals surface area (Å²) in [7, 11) is 0. The monoisotopic (exact) mass is 298 g/mol. The molecule has 1 aromatic rings.